The number of anilines is 2. The average molecular weight is 378 g/mol. The molecule has 2 aromatic heterocycles. The highest BCUT2D eigenvalue weighted by atomic mass is 15.1. The van der Waals surface area contributed by atoms with Crippen molar-refractivity contribution in [1.82, 2.24) is 15.0 Å². The second kappa shape index (κ2) is 9.49. The van der Waals surface area contributed by atoms with Gasteiger partial charge in [0.2, 0.25) is 0 Å². The van der Waals surface area contributed by atoms with Gasteiger partial charge in [0.15, 0.2) is 5.65 Å². The molecule has 0 spiro atoms. The summed E-state index contributed by atoms with van der Waals surface area (Å²) in [5.74, 6) is 0.520. The minimum Gasteiger partial charge on any atom is -0.383 e. The molecule has 0 atom stereocenters. The van der Waals surface area contributed by atoms with Gasteiger partial charge in [0.1, 0.15) is 12.1 Å². The van der Waals surface area contributed by atoms with E-state index < -0.39 is 0 Å². The molecule has 3 rings (SSSR count). The van der Waals surface area contributed by atoms with E-state index in [1.807, 2.05) is 0 Å². The predicted molar refractivity (Wildman–Crippen MR) is 119 cm³/mol. The van der Waals surface area contributed by atoms with E-state index in [1.165, 1.54) is 36.8 Å². The third-order valence-corrected chi connectivity index (χ3v) is 5.31. The highest BCUT2D eigenvalue weighted by Gasteiger charge is 2.12. The fraction of sp³-hybridized carbons (Fsp3) is 0.435. The van der Waals surface area contributed by atoms with E-state index in [2.05, 4.69) is 66.0 Å². The van der Waals surface area contributed by atoms with Crippen LogP contribution in [0.1, 0.15) is 52.0 Å². The molecule has 0 unspecified atom stereocenters. The average Bonchev–Trinajstić information content (AvgIpc) is 2.72. The van der Waals surface area contributed by atoms with Crippen molar-refractivity contribution in [2.45, 2.75) is 52.9 Å². The number of hydrogen-bond donors (Lipinski definition) is 1. The second-order valence-corrected chi connectivity index (χ2v) is 7.15. The van der Waals surface area contributed by atoms with Gasteiger partial charge in [0, 0.05) is 24.3 Å². The van der Waals surface area contributed by atoms with Crippen LogP contribution in [0.2, 0.25) is 0 Å². The molecule has 0 aliphatic heterocycles. The Hall–Kier alpha value is -2.69. The molecule has 2 N–H and O–H groups in total. The minimum atomic E-state index is 0.520. The van der Waals surface area contributed by atoms with E-state index in [0.717, 1.165) is 42.6 Å². The minimum absolute atomic E-state index is 0.520. The van der Waals surface area contributed by atoms with Crippen LogP contribution in [-0.4, -0.2) is 28.0 Å². The van der Waals surface area contributed by atoms with Crippen molar-refractivity contribution in [2.24, 2.45) is 0 Å². The molecular weight excluding hydrogens is 346 g/mol. The Morgan fingerprint density at radius 2 is 1.68 bits per heavy atom. The SMILES string of the molecule is CCCCCCc1cc(-c2ccc(N(CC)CC)cc2)nc2ncnc(N)c12. The van der Waals surface area contributed by atoms with E-state index >= 15 is 0 Å². The lowest BCUT2D eigenvalue weighted by Crippen LogP contribution is -2.21. The lowest BCUT2D eigenvalue weighted by atomic mass is 10.0. The molecule has 2 heterocycles. The summed E-state index contributed by atoms with van der Waals surface area (Å²) in [4.78, 5) is 15.7. The molecule has 0 saturated carbocycles. The van der Waals surface area contributed by atoms with Crippen LogP contribution in [0.5, 0.6) is 0 Å². The van der Waals surface area contributed by atoms with E-state index in [-0.39, 0.29) is 0 Å². The summed E-state index contributed by atoms with van der Waals surface area (Å²) in [6, 6.07) is 10.8. The van der Waals surface area contributed by atoms with Gasteiger partial charge in [-0.15, -0.1) is 0 Å². The molecule has 5 heteroatoms. The molecular formula is C23H31N5. The summed E-state index contributed by atoms with van der Waals surface area (Å²) in [6.45, 7) is 8.59. The number of benzene rings is 1. The zero-order valence-electron chi connectivity index (χ0n) is 17.3. The number of pyridine rings is 1. The van der Waals surface area contributed by atoms with Crippen LogP contribution in [0.25, 0.3) is 22.3 Å². The van der Waals surface area contributed by atoms with Crippen molar-refractivity contribution in [3.05, 3.63) is 42.2 Å². The second-order valence-electron chi connectivity index (χ2n) is 7.15. The molecule has 0 aliphatic carbocycles. The molecule has 28 heavy (non-hydrogen) atoms. The summed E-state index contributed by atoms with van der Waals surface area (Å²) in [5.41, 5.74) is 11.3. The van der Waals surface area contributed by atoms with Crippen LogP contribution in [-0.2, 0) is 6.42 Å². The maximum absolute atomic E-state index is 6.16. The Morgan fingerprint density at radius 3 is 2.36 bits per heavy atom. The van der Waals surface area contributed by atoms with E-state index in [9.17, 15) is 0 Å². The molecule has 0 fully saturated rings. The molecule has 0 radical (unpaired) electrons. The molecule has 148 valence electrons. The zero-order valence-corrected chi connectivity index (χ0v) is 17.3. The third kappa shape index (κ3) is 4.41. The summed E-state index contributed by atoms with van der Waals surface area (Å²) < 4.78 is 0. The van der Waals surface area contributed by atoms with Crippen LogP contribution in [0, 0.1) is 0 Å². The number of nitrogens with zero attached hydrogens (tertiary/aromatic N) is 4. The van der Waals surface area contributed by atoms with Gasteiger partial charge in [-0.25, -0.2) is 15.0 Å². The van der Waals surface area contributed by atoms with Gasteiger partial charge in [-0.2, -0.15) is 0 Å². The normalized spacial score (nSPS) is 11.1. The van der Waals surface area contributed by atoms with Gasteiger partial charge in [-0.1, -0.05) is 38.3 Å². The predicted octanol–water partition coefficient (Wildman–Crippen LogP) is 5.24. The monoisotopic (exact) mass is 377 g/mol. The van der Waals surface area contributed by atoms with E-state index in [1.54, 1.807) is 0 Å². The number of fused-ring (bicyclic) bond motifs is 1. The van der Waals surface area contributed by atoms with Gasteiger partial charge in [0.25, 0.3) is 0 Å². The molecule has 0 amide bonds. The number of hydrogen-bond acceptors (Lipinski definition) is 5. The zero-order chi connectivity index (χ0) is 19.9. The quantitative estimate of drug-likeness (QED) is 0.516. The molecule has 5 nitrogen and oxygen atoms in total. The van der Waals surface area contributed by atoms with Crippen LogP contribution >= 0.6 is 0 Å². The van der Waals surface area contributed by atoms with Crippen LogP contribution < -0.4 is 10.6 Å². The largest absolute Gasteiger partial charge is 0.383 e. The summed E-state index contributed by atoms with van der Waals surface area (Å²) in [6.07, 6.45) is 7.32. The van der Waals surface area contributed by atoms with Crippen molar-refractivity contribution in [3.63, 3.8) is 0 Å². The summed E-state index contributed by atoms with van der Waals surface area (Å²) in [5, 5.41) is 0.905. The van der Waals surface area contributed by atoms with Gasteiger partial charge < -0.3 is 10.6 Å². The first-order chi connectivity index (χ1) is 13.7. The van der Waals surface area contributed by atoms with Crippen molar-refractivity contribution >= 4 is 22.5 Å². The molecule has 0 bridgehead atoms. The van der Waals surface area contributed by atoms with Crippen molar-refractivity contribution in [3.8, 4) is 11.3 Å². The van der Waals surface area contributed by atoms with Gasteiger partial charge in [-0.05, 0) is 50.5 Å². The topological polar surface area (TPSA) is 67.9 Å². The number of unbranched alkanes of at least 4 members (excludes halogenated alkanes) is 3. The lowest BCUT2D eigenvalue weighted by Gasteiger charge is -2.21. The first-order valence-corrected chi connectivity index (χ1v) is 10.4. The Labute approximate surface area is 168 Å². The molecule has 0 aliphatic rings. The van der Waals surface area contributed by atoms with E-state index in [0.29, 0.717) is 11.5 Å². The van der Waals surface area contributed by atoms with Crippen LogP contribution in [0.3, 0.4) is 0 Å². The number of nitrogen functional groups attached to an aromatic ring is 1. The first kappa shape index (κ1) is 20.1. The Kier molecular flexibility index (Phi) is 6.80. The van der Waals surface area contributed by atoms with Crippen LogP contribution in [0.4, 0.5) is 11.5 Å². The van der Waals surface area contributed by atoms with Gasteiger partial charge >= 0.3 is 0 Å². The molecule has 3 aromatic rings. The Balaban J connectivity index is 1.97. The highest BCUT2D eigenvalue weighted by Crippen LogP contribution is 2.29. The maximum atomic E-state index is 6.16. The highest BCUT2D eigenvalue weighted by molar-refractivity contribution is 5.90. The number of aryl methyl sites for hydroxylation is 1. The smallest absolute Gasteiger partial charge is 0.165 e. The maximum Gasteiger partial charge on any atom is 0.165 e. The fourth-order valence-corrected chi connectivity index (χ4v) is 3.68. The van der Waals surface area contributed by atoms with E-state index in [4.69, 9.17) is 10.7 Å². The van der Waals surface area contributed by atoms with Crippen molar-refractivity contribution in [2.75, 3.05) is 23.7 Å². The number of aromatic nitrogens is 3. The Bertz CT molecular complexity index is 901. The van der Waals surface area contributed by atoms with Crippen molar-refractivity contribution < 1.29 is 0 Å². The number of rotatable bonds is 9. The van der Waals surface area contributed by atoms with Gasteiger partial charge in [0.05, 0.1) is 11.1 Å². The molecule has 0 saturated heterocycles. The number of nitrogens with two attached hydrogens (primary N) is 1. The van der Waals surface area contributed by atoms with Crippen LogP contribution in [0.15, 0.2) is 36.7 Å². The van der Waals surface area contributed by atoms with Crippen molar-refractivity contribution in [1.29, 1.82) is 0 Å². The Morgan fingerprint density at radius 1 is 0.929 bits per heavy atom. The summed E-state index contributed by atoms with van der Waals surface area (Å²) >= 11 is 0. The standard InChI is InChI=1S/C23H31N5/c1-4-7-8-9-10-18-15-20(27-23-21(18)22(24)25-16-26-23)17-11-13-19(14-12-17)28(5-2)6-3/h11-16H,4-10H2,1-3H3,(H2,24,25,26,27). The molecule has 1 aromatic carbocycles. The van der Waals surface area contributed by atoms with Gasteiger partial charge in [-0.3, -0.25) is 0 Å². The summed E-state index contributed by atoms with van der Waals surface area (Å²) in [7, 11) is 0. The first-order valence-electron chi connectivity index (χ1n) is 10.4. The lowest BCUT2D eigenvalue weighted by molar-refractivity contribution is 0.668. The fourth-order valence-electron chi connectivity index (χ4n) is 3.68. The third-order valence-electron chi connectivity index (χ3n) is 5.31.